The molecule has 2 aromatic carbocycles. The smallest absolute Gasteiger partial charge is 0.248 e. The zero-order chi connectivity index (χ0) is 16.9. The Morgan fingerprint density at radius 1 is 1.08 bits per heavy atom. The Morgan fingerprint density at radius 3 is 2.71 bits per heavy atom. The van der Waals surface area contributed by atoms with Crippen LogP contribution in [0.5, 0.6) is 23.0 Å². The largest absolute Gasteiger partial charge is 0.497 e. The average molecular weight is 327 g/mol. The van der Waals surface area contributed by atoms with E-state index < -0.39 is 0 Å². The van der Waals surface area contributed by atoms with Crippen LogP contribution in [-0.2, 0) is 4.79 Å². The van der Waals surface area contributed by atoms with Gasteiger partial charge in [-0.1, -0.05) is 6.07 Å². The Labute approximate surface area is 139 Å². The molecule has 0 fully saturated rings. The van der Waals surface area contributed by atoms with Crippen LogP contribution in [0, 0.1) is 0 Å². The van der Waals surface area contributed by atoms with Crippen LogP contribution < -0.4 is 24.3 Å². The first kappa shape index (κ1) is 15.7. The van der Waals surface area contributed by atoms with E-state index in [0.717, 1.165) is 5.56 Å². The van der Waals surface area contributed by atoms with Crippen molar-refractivity contribution in [3.63, 3.8) is 0 Å². The fourth-order valence-corrected chi connectivity index (χ4v) is 2.27. The van der Waals surface area contributed by atoms with Gasteiger partial charge >= 0.3 is 0 Å². The molecule has 1 N–H and O–H groups in total. The summed E-state index contributed by atoms with van der Waals surface area (Å²) < 4.78 is 21.0. The molecule has 0 spiro atoms. The molecule has 0 aromatic heterocycles. The highest BCUT2D eigenvalue weighted by molar-refractivity contribution is 6.02. The van der Waals surface area contributed by atoms with E-state index in [2.05, 4.69) is 5.32 Å². The van der Waals surface area contributed by atoms with E-state index in [1.165, 1.54) is 6.08 Å². The summed E-state index contributed by atoms with van der Waals surface area (Å²) in [5.74, 6) is 2.29. The highest BCUT2D eigenvalue weighted by Crippen LogP contribution is 2.33. The first-order valence-corrected chi connectivity index (χ1v) is 7.30. The van der Waals surface area contributed by atoms with Crippen LogP contribution in [0.1, 0.15) is 5.56 Å². The van der Waals surface area contributed by atoms with Crippen LogP contribution in [0.3, 0.4) is 0 Å². The third-order valence-electron chi connectivity index (χ3n) is 3.49. The van der Waals surface area contributed by atoms with Gasteiger partial charge in [-0.15, -0.1) is 0 Å². The van der Waals surface area contributed by atoms with Crippen LogP contribution in [0.4, 0.5) is 5.69 Å². The molecule has 0 saturated carbocycles. The molecule has 2 aromatic rings. The molecule has 1 aliphatic heterocycles. The van der Waals surface area contributed by atoms with E-state index in [1.807, 2.05) is 18.2 Å². The van der Waals surface area contributed by atoms with Crippen molar-refractivity contribution in [2.75, 3.05) is 26.3 Å². The van der Waals surface area contributed by atoms with Crippen molar-refractivity contribution in [1.82, 2.24) is 0 Å². The van der Waals surface area contributed by atoms with Crippen LogP contribution in [0.2, 0.25) is 0 Å². The van der Waals surface area contributed by atoms with E-state index in [0.29, 0.717) is 28.7 Å². The van der Waals surface area contributed by atoms with Gasteiger partial charge in [-0.3, -0.25) is 4.79 Å². The topological polar surface area (TPSA) is 66.0 Å². The summed E-state index contributed by atoms with van der Waals surface area (Å²) in [5, 5.41) is 2.77. The summed E-state index contributed by atoms with van der Waals surface area (Å²) in [6, 6.07) is 10.7. The highest BCUT2D eigenvalue weighted by Gasteiger charge is 2.12. The van der Waals surface area contributed by atoms with Crippen molar-refractivity contribution in [3.05, 3.63) is 48.0 Å². The Kier molecular flexibility index (Phi) is 4.56. The molecule has 24 heavy (non-hydrogen) atoms. The lowest BCUT2D eigenvalue weighted by Crippen LogP contribution is -2.09. The Morgan fingerprint density at radius 2 is 1.92 bits per heavy atom. The Balaban J connectivity index is 1.71. The van der Waals surface area contributed by atoms with Crippen LogP contribution in [-0.4, -0.2) is 26.9 Å². The van der Waals surface area contributed by atoms with Crippen molar-refractivity contribution in [3.8, 4) is 23.0 Å². The molecule has 1 amide bonds. The number of ether oxygens (including phenoxy) is 4. The minimum absolute atomic E-state index is 0.221. The van der Waals surface area contributed by atoms with Crippen molar-refractivity contribution in [2.24, 2.45) is 0 Å². The van der Waals surface area contributed by atoms with E-state index >= 15 is 0 Å². The molecule has 3 rings (SSSR count). The molecule has 124 valence electrons. The highest BCUT2D eigenvalue weighted by atomic mass is 16.7. The number of benzene rings is 2. The second-order valence-electron chi connectivity index (χ2n) is 5.00. The normalized spacial score (nSPS) is 12.2. The van der Waals surface area contributed by atoms with Gasteiger partial charge in [0.25, 0.3) is 0 Å². The first-order chi connectivity index (χ1) is 11.7. The van der Waals surface area contributed by atoms with Gasteiger partial charge in [0.15, 0.2) is 11.5 Å². The van der Waals surface area contributed by atoms with E-state index in [4.69, 9.17) is 18.9 Å². The second-order valence-corrected chi connectivity index (χ2v) is 5.00. The zero-order valence-electron chi connectivity index (χ0n) is 13.4. The molecule has 0 atom stereocenters. The first-order valence-electron chi connectivity index (χ1n) is 7.30. The number of fused-ring (bicyclic) bond motifs is 1. The minimum Gasteiger partial charge on any atom is -0.497 e. The van der Waals surface area contributed by atoms with Gasteiger partial charge in [0, 0.05) is 12.1 Å². The van der Waals surface area contributed by atoms with Crippen LogP contribution in [0.25, 0.3) is 6.08 Å². The molecule has 6 heteroatoms. The van der Waals surface area contributed by atoms with Crippen molar-refractivity contribution >= 4 is 17.7 Å². The third kappa shape index (κ3) is 3.43. The number of carbonyl (C=O) groups excluding carboxylic acids is 1. The van der Waals surface area contributed by atoms with Gasteiger partial charge in [-0.05, 0) is 35.9 Å². The summed E-state index contributed by atoms with van der Waals surface area (Å²) in [4.78, 5) is 12.1. The van der Waals surface area contributed by atoms with Crippen molar-refractivity contribution < 1.29 is 23.7 Å². The van der Waals surface area contributed by atoms with Crippen LogP contribution >= 0.6 is 0 Å². The fraction of sp³-hybridized carbons (Fsp3) is 0.167. The van der Waals surface area contributed by atoms with E-state index in [-0.39, 0.29) is 12.7 Å². The Bertz CT molecular complexity index is 785. The molecule has 0 bridgehead atoms. The number of methoxy groups -OCH3 is 2. The monoisotopic (exact) mass is 327 g/mol. The number of rotatable bonds is 5. The molecule has 1 heterocycles. The fourth-order valence-electron chi connectivity index (χ4n) is 2.27. The number of amides is 1. The summed E-state index contributed by atoms with van der Waals surface area (Å²) in [5.41, 5.74) is 1.38. The van der Waals surface area contributed by atoms with Crippen LogP contribution in [0.15, 0.2) is 42.5 Å². The molecule has 0 aliphatic carbocycles. The van der Waals surface area contributed by atoms with Gasteiger partial charge in [0.05, 0.1) is 19.9 Å². The lowest BCUT2D eigenvalue weighted by Gasteiger charge is -2.10. The third-order valence-corrected chi connectivity index (χ3v) is 3.49. The molecule has 0 radical (unpaired) electrons. The van der Waals surface area contributed by atoms with Gasteiger partial charge in [-0.25, -0.2) is 0 Å². The summed E-state index contributed by atoms with van der Waals surface area (Å²) >= 11 is 0. The minimum atomic E-state index is -0.279. The van der Waals surface area contributed by atoms with E-state index in [1.54, 1.807) is 38.5 Å². The zero-order valence-corrected chi connectivity index (χ0v) is 13.4. The quantitative estimate of drug-likeness (QED) is 0.855. The number of hydrogen-bond donors (Lipinski definition) is 1. The van der Waals surface area contributed by atoms with Gasteiger partial charge in [0.2, 0.25) is 12.7 Å². The van der Waals surface area contributed by atoms with Gasteiger partial charge in [0.1, 0.15) is 11.5 Å². The number of nitrogens with one attached hydrogen (secondary N) is 1. The lowest BCUT2D eigenvalue weighted by molar-refractivity contribution is -0.111. The van der Waals surface area contributed by atoms with E-state index in [9.17, 15) is 4.79 Å². The lowest BCUT2D eigenvalue weighted by atomic mass is 10.2. The second kappa shape index (κ2) is 6.95. The Hall–Kier alpha value is -3.15. The van der Waals surface area contributed by atoms with Crippen molar-refractivity contribution in [1.29, 1.82) is 0 Å². The predicted molar refractivity (Wildman–Crippen MR) is 89.8 cm³/mol. The molecule has 0 saturated heterocycles. The summed E-state index contributed by atoms with van der Waals surface area (Å²) in [7, 11) is 3.10. The standard InChI is InChI=1S/C18H17NO5/c1-21-13-5-7-15(22-2)14(10-13)19-18(20)8-4-12-3-6-16-17(9-12)24-11-23-16/h3-10H,11H2,1-2H3,(H,19,20)/b8-4+. The molecule has 1 aliphatic rings. The maximum Gasteiger partial charge on any atom is 0.248 e. The molecule has 0 unspecified atom stereocenters. The molecular weight excluding hydrogens is 310 g/mol. The number of anilines is 1. The maximum absolute atomic E-state index is 12.1. The molecular formula is C18H17NO5. The average Bonchev–Trinajstić information content (AvgIpc) is 3.07. The predicted octanol–water partition coefficient (Wildman–Crippen LogP) is 3.08. The summed E-state index contributed by atoms with van der Waals surface area (Å²) in [6.45, 7) is 0.221. The van der Waals surface area contributed by atoms with Crippen molar-refractivity contribution in [2.45, 2.75) is 0 Å². The SMILES string of the molecule is COc1ccc(OC)c(NC(=O)/C=C/c2ccc3c(c2)OCO3)c1. The number of hydrogen-bond acceptors (Lipinski definition) is 5. The number of carbonyl (C=O) groups is 1. The maximum atomic E-state index is 12.1. The summed E-state index contributed by atoms with van der Waals surface area (Å²) in [6.07, 6.45) is 3.14. The van der Waals surface area contributed by atoms with Gasteiger partial charge in [-0.2, -0.15) is 0 Å². The molecule has 6 nitrogen and oxygen atoms in total. The van der Waals surface area contributed by atoms with Gasteiger partial charge < -0.3 is 24.3 Å².